The molecular weight excluding hydrogens is 450 g/mol. The first-order valence-electron chi connectivity index (χ1n) is 11.6. The van der Waals surface area contributed by atoms with Crippen LogP contribution in [-0.2, 0) is 17.8 Å². The van der Waals surface area contributed by atoms with Crippen molar-refractivity contribution in [1.82, 2.24) is 15.4 Å². The van der Waals surface area contributed by atoms with Gasteiger partial charge in [0.15, 0.2) is 23.0 Å². The van der Waals surface area contributed by atoms with Crippen LogP contribution < -0.4 is 14.8 Å². The summed E-state index contributed by atoms with van der Waals surface area (Å²) in [6.45, 7) is 3.81. The molecule has 182 valence electrons. The highest BCUT2D eigenvalue weighted by molar-refractivity contribution is 5.94. The highest BCUT2D eigenvalue weighted by Gasteiger charge is 2.25. The summed E-state index contributed by atoms with van der Waals surface area (Å²) in [5, 5.41) is 6.74. The minimum absolute atomic E-state index is 0.0169. The van der Waals surface area contributed by atoms with E-state index in [2.05, 4.69) is 10.5 Å². The van der Waals surface area contributed by atoms with Crippen molar-refractivity contribution in [1.29, 1.82) is 0 Å². The highest BCUT2D eigenvalue weighted by atomic mass is 16.7. The minimum atomic E-state index is -0.367. The lowest BCUT2D eigenvalue weighted by molar-refractivity contribution is 0.0486. The monoisotopic (exact) mass is 477 g/mol. The number of amides is 2. The van der Waals surface area contributed by atoms with Crippen LogP contribution in [0.5, 0.6) is 11.5 Å². The van der Waals surface area contributed by atoms with Crippen LogP contribution in [-0.4, -0.2) is 47.9 Å². The average Bonchev–Trinajstić information content (AvgIpc) is 3.64. The Morgan fingerprint density at radius 2 is 1.91 bits per heavy atom. The number of carbonyl (C=O) groups is 2. The molecule has 1 saturated heterocycles. The molecule has 9 nitrogen and oxygen atoms in total. The molecule has 0 aliphatic carbocycles. The van der Waals surface area contributed by atoms with Crippen molar-refractivity contribution in [3.05, 3.63) is 76.7 Å². The Bertz CT molecular complexity index is 1200. The number of carbonyl (C=O) groups excluding carboxylic acids is 2. The van der Waals surface area contributed by atoms with Gasteiger partial charge in [-0.15, -0.1) is 0 Å². The van der Waals surface area contributed by atoms with Crippen LogP contribution in [0.2, 0.25) is 0 Å². The molecule has 5 rings (SSSR count). The van der Waals surface area contributed by atoms with Gasteiger partial charge in [-0.2, -0.15) is 0 Å². The summed E-state index contributed by atoms with van der Waals surface area (Å²) in [7, 11) is 0. The standard InChI is InChI=1S/C26H27N3O6/c1-17-4-7-19(8-5-17)26(31)29(14-20-3-2-10-32-20)15-21-12-22(28-35-21)25(30)27-13-18-6-9-23-24(11-18)34-16-33-23/h4-9,11-12,20H,2-3,10,13-16H2,1H3,(H,27,30). The molecule has 0 spiro atoms. The van der Waals surface area contributed by atoms with Crippen LogP contribution in [0, 0.1) is 6.92 Å². The van der Waals surface area contributed by atoms with E-state index in [-0.39, 0.29) is 36.9 Å². The fraction of sp³-hybridized carbons (Fsp3) is 0.346. The van der Waals surface area contributed by atoms with Gasteiger partial charge >= 0.3 is 0 Å². The summed E-state index contributed by atoms with van der Waals surface area (Å²) in [6.07, 6.45) is 1.87. The summed E-state index contributed by atoms with van der Waals surface area (Å²) in [4.78, 5) is 27.6. The molecule has 2 aromatic carbocycles. The van der Waals surface area contributed by atoms with Gasteiger partial charge in [0.25, 0.3) is 11.8 Å². The van der Waals surface area contributed by atoms with E-state index in [1.807, 2.05) is 49.4 Å². The van der Waals surface area contributed by atoms with Crippen LogP contribution in [0.3, 0.4) is 0 Å². The number of aryl methyl sites for hydroxylation is 1. The fourth-order valence-corrected chi connectivity index (χ4v) is 4.14. The van der Waals surface area contributed by atoms with Crippen LogP contribution in [0.25, 0.3) is 0 Å². The van der Waals surface area contributed by atoms with Gasteiger partial charge in [-0.3, -0.25) is 9.59 Å². The zero-order chi connectivity index (χ0) is 24.2. The van der Waals surface area contributed by atoms with Crippen LogP contribution in [0.1, 0.15) is 50.6 Å². The van der Waals surface area contributed by atoms with Gasteiger partial charge in [-0.05, 0) is 49.6 Å². The molecule has 3 heterocycles. The highest BCUT2D eigenvalue weighted by Crippen LogP contribution is 2.32. The lowest BCUT2D eigenvalue weighted by atomic mass is 10.1. The Hall–Kier alpha value is -3.85. The van der Waals surface area contributed by atoms with Crippen molar-refractivity contribution in [2.45, 2.75) is 39.0 Å². The minimum Gasteiger partial charge on any atom is -0.454 e. The molecule has 1 aromatic heterocycles. The van der Waals surface area contributed by atoms with Gasteiger partial charge in [-0.25, -0.2) is 0 Å². The molecule has 0 bridgehead atoms. The van der Waals surface area contributed by atoms with Gasteiger partial charge in [-0.1, -0.05) is 28.9 Å². The lowest BCUT2D eigenvalue weighted by Gasteiger charge is -2.24. The van der Waals surface area contributed by atoms with Gasteiger partial charge in [0, 0.05) is 31.3 Å². The van der Waals surface area contributed by atoms with Crippen molar-refractivity contribution >= 4 is 11.8 Å². The quantitative estimate of drug-likeness (QED) is 0.530. The number of aromatic nitrogens is 1. The van der Waals surface area contributed by atoms with E-state index in [1.54, 1.807) is 11.0 Å². The number of hydrogen-bond acceptors (Lipinski definition) is 7. The smallest absolute Gasteiger partial charge is 0.273 e. The van der Waals surface area contributed by atoms with Gasteiger partial charge < -0.3 is 29.0 Å². The van der Waals surface area contributed by atoms with Crippen LogP contribution in [0.15, 0.2) is 53.1 Å². The number of rotatable bonds is 8. The molecule has 1 unspecified atom stereocenters. The molecule has 3 aromatic rings. The molecule has 2 aliphatic rings. The largest absolute Gasteiger partial charge is 0.454 e. The first-order valence-corrected chi connectivity index (χ1v) is 11.6. The number of hydrogen-bond donors (Lipinski definition) is 1. The Morgan fingerprint density at radius 3 is 2.71 bits per heavy atom. The lowest BCUT2D eigenvalue weighted by Crippen LogP contribution is -2.36. The Labute approximate surface area is 202 Å². The molecule has 2 aliphatic heterocycles. The maximum absolute atomic E-state index is 13.2. The van der Waals surface area contributed by atoms with Crippen LogP contribution in [0.4, 0.5) is 0 Å². The normalized spacial score (nSPS) is 16.3. The molecule has 9 heteroatoms. The van der Waals surface area contributed by atoms with E-state index in [1.165, 1.54) is 0 Å². The zero-order valence-electron chi connectivity index (χ0n) is 19.5. The number of fused-ring (bicyclic) bond motifs is 1. The molecule has 1 atom stereocenters. The van der Waals surface area contributed by atoms with E-state index >= 15 is 0 Å². The summed E-state index contributed by atoms with van der Waals surface area (Å²) >= 11 is 0. The molecule has 0 radical (unpaired) electrons. The molecule has 0 saturated carbocycles. The molecule has 2 amide bonds. The van der Waals surface area contributed by atoms with E-state index in [9.17, 15) is 9.59 Å². The summed E-state index contributed by atoms with van der Waals surface area (Å²) in [5.41, 5.74) is 2.70. The zero-order valence-corrected chi connectivity index (χ0v) is 19.5. The number of nitrogens with one attached hydrogen (secondary N) is 1. The van der Waals surface area contributed by atoms with Gasteiger partial charge in [0.2, 0.25) is 6.79 Å². The van der Waals surface area contributed by atoms with Crippen molar-refractivity contribution in [3.8, 4) is 11.5 Å². The van der Waals surface area contributed by atoms with Gasteiger partial charge in [0.1, 0.15) is 0 Å². The number of benzene rings is 2. The molecular formula is C26H27N3O6. The molecule has 1 fully saturated rings. The summed E-state index contributed by atoms with van der Waals surface area (Å²) in [6, 6.07) is 14.5. The maximum atomic E-state index is 13.2. The number of ether oxygens (including phenoxy) is 3. The van der Waals surface area contributed by atoms with Crippen molar-refractivity contribution in [2.24, 2.45) is 0 Å². The Kier molecular flexibility index (Phi) is 6.67. The van der Waals surface area contributed by atoms with E-state index in [0.29, 0.717) is 42.5 Å². The Morgan fingerprint density at radius 1 is 1.09 bits per heavy atom. The van der Waals surface area contributed by atoms with Gasteiger partial charge in [0.05, 0.1) is 12.6 Å². The molecule has 1 N–H and O–H groups in total. The predicted octanol–water partition coefficient (Wildman–Crippen LogP) is 3.46. The third-order valence-corrected chi connectivity index (χ3v) is 6.06. The fourth-order valence-electron chi connectivity index (χ4n) is 4.14. The summed E-state index contributed by atoms with van der Waals surface area (Å²) < 4.78 is 21.8. The van der Waals surface area contributed by atoms with E-state index < -0.39 is 0 Å². The third kappa shape index (κ3) is 5.46. The Balaban J connectivity index is 1.24. The summed E-state index contributed by atoms with van der Waals surface area (Å²) in [5.74, 6) is 1.29. The van der Waals surface area contributed by atoms with Crippen LogP contribution >= 0.6 is 0 Å². The molecule has 35 heavy (non-hydrogen) atoms. The van der Waals surface area contributed by atoms with Crippen molar-refractivity contribution in [3.63, 3.8) is 0 Å². The maximum Gasteiger partial charge on any atom is 0.273 e. The SMILES string of the molecule is Cc1ccc(C(=O)N(Cc2cc(C(=O)NCc3ccc4c(c3)OCO4)no2)CC2CCCO2)cc1. The second-order valence-electron chi connectivity index (χ2n) is 8.74. The second kappa shape index (κ2) is 10.2. The topological polar surface area (TPSA) is 103 Å². The predicted molar refractivity (Wildman–Crippen MR) is 125 cm³/mol. The second-order valence-corrected chi connectivity index (χ2v) is 8.74. The third-order valence-electron chi connectivity index (χ3n) is 6.06. The first-order chi connectivity index (χ1) is 17.0. The number of nitrogens with zero attached hydrogens (tertiary/aromatic N) is 2. The van der Waals surface area contributed by atoms with E-state index in [0.717, 1.165) is 24.0 Å². The van der Waals surface area contributed by atoms with Crippen molar-refractivity contribution in [2.75, 3.05) is 19.9 Å². The van der Waals surface area contributed by atoms with E-state index in [4.69, 9.17) is 18.7 Å². The van der Waals surface area contributed by atoms with Crippen molar-refractivity contribution < 1.29 is 28.3 Å². The average molecular weight is 478 g/mol. The first kappa shape index (κ1) is 22.9.